The lowest BCUT2D eigenvalue weighted by Gasteiger charge is -2.20. The van der Waals surface area contributed by atoms with Crippen LogP contribution in [0.5, 0.6) is 0 Å². The molecule has 1 aromatic heterocycles. The number of thioether (sulfide) groups is 1. The summed E-state index contributed by atoms with van der Waals surface area (Å²) in [7, 11) is 1.63. The van der Waals surface area contributed by atoms with Crippen LogP contribution in [0.2, 0.25) is 0 Å². The Bertz CT molecular complexity index is 864. The molecule has 0 aliphatic heterocycles. The van der Waals surface area contributed by atoms with Gasteiger partial charge in [-0.1, -0.05) is 56.1 Å². The molecule has 0 bridgehead atoms. The van der Waals surface area contributed by atoms with Gasteiger partial charge in [-0.15, -0.1) is 10.2 Å². The van der Waals surface area contributed by atoms with Crippen LogP contribution in [0.3, 0.4) is 0 Å². The molecule has 1 N–H and O–H groups in total. The van der Waals surface area contributed by atoms with Gasteiger partial charge in [-0.05, 0) is 37.8 Å². The molecule has 1 saturated carbocycles. The summed E-state index contributed by atoms with van der Waals surface area (Å²) in [6.45, 7) is 3.81. The first-order chi connectivity index (χ1) is 14.5. The second kappa shape index (κ2) is 10.6. The summed E-state index contributed by atoms with van der Waals surface area (Å²) in [5.41, 5.74) is 1.85. The number of para-hydroxylation sites is 1. The van der Waals surface area contributed by atoms with E-state index in [9.17, 15) is 9.59 Å². The zero-order valence-electron chi connectivity index (χ0n) is 17.9. The van der Waals surface area contributed by atoms with Gasteiger partial charge in [0, 0.05) is 18.7 Å². The van der Waals surface area contributed by atoms with Crippen LogP contribution in [-0.4, -0.2) is 45.8 Å². The first kappa shape index (κ1) is 22.3. The second-order valence-electron chi connectivity index (χ2n) is 7.75. The number of nitrogens with one attached hydrogen (secondary N) is 1. The van der Waals surface area contributed by atoms with E-state index < -0.39 is 5.25 Å². The lowest BCUT2D eigenvalue weighted by atomic mass is 9.89. The summed E-state index contributed by atoms with van der Waals surface area (Å²) >= 11 is 1.24. The average Bonchev–Trinajstić information content (AvgIpc) is 3.22. The van der Waals surface area contributed by atoms with Gasteiger partial charge >= 0.3 is 0 Å². The number of amides is 2. The molecule has 0 spiro atoms. The van der Waals surface area contributed by atoms with Crippen molar-refractivity contribution in [3.8, 4) is 0 Å². The Morgan fingerprint density at radius 3 is 2.70 bits per heavy atom. The molecule has 1 aliphatic carbocycles. The SMILES string of the molecule is CCc1ccccc1NC(=O)CN(C)C(=O)C(C)Sc1nnc(C2CCCCC2)o1. The number of aromatic nitrogens is 2. The highest BCUT2D eigenvalue weighted by atomic mass is 32.2. The number of aryl methyl sites for hydroxylation is 1. The van der Waals surface area contributed by atoms with E-state index in [0.717, 1.165) is 30.5 Å². The smallest absolute Gasteiger partial charge is 0.277 e. The number of rotatable bonds is 8. The molecule has 1 aromatic carbocycles. The average molecular weight is 431 g/mol. The molecule has 1 fully saturated rings. The molecule has 3 rings (SSSR count). The number of carbonyl (C=O) groups excluding carboxylic acids is 2. The van der Waals surface area contributed by atoms with Crippen LogP contribution in [0.25, 0.3) is 0 Å². The van der Waals surface area contributed by atoms with Gasteiger partial charge < -0.3 is 14.6 Å². The first-order valence-electron chi connectivity index (χ1n) is 10.6. The number of likely N-dealkylation sites (N-methyl/N-ethyl adjacent to an activating group) is 1. The highest BCUT2D eigenvalue weighted by Gasteiger charge is 2.25. The number of hydrogen-bond acceptors (Lipinski definition) is 6. The van der Waals surface area contributed by atoms with Crippen molar-refractivity contribution < 1.29 is 14.0 Å². The fraction of sp³-hybridized carbons (Fsp3) is 0.545. The molecule has 0 radical (unpaired) electrons. The molecule has 2 aromatic rings. The number of anilines is 1. The van der Waals surface area contributed by atoms with Crippen LogP contribution in [0, 0.1) is 0 Å². The van der Waals surface area contributed by atoms with Crippen LogP contribution >= 0.6 is 11.8 Å². The summed E-state index contributed by atoms with van der Waals surface area (Å²) in [6.07, 6.45) is 6.65. The maximum absolute atomic E-state index is 12.7. The molecule has 8 heteroatoms. The van der Waals surface area contributed by atoms with E-state index in [1.807, 2.05) is 31.2 Å². The van der Waals surface area contributed by atoms with Crippen LogP contribution in [-0.2, 0) is 16.0 Å². The summed E-state index contributed by atoms with van der Waals surface area (Å²) in [5.74, 6) is 0.640. The third kappa shape index (κ3) is 5.84. The monoisotopic (exact) mass is 430 g/mol. The van der Waals surface area contributed by atoms with Gasteiger partial charge in [0.25, 0.3) is 5.22 Å². The predicted octanol–water partition coefficient (Wildman–Crippen LogP) is 4.26. The van der Waals surface area contributed by atoms with Crippen molar-refractivity contribution in [2.75, 3.05) is 18.9 Å². The van der Waals surface area contributed by atoms with E-state index in [2.05, 4.69) is 15.5 Å². The van der Waals surface area contributed by atoms with E-state index in [1.165, 1.54) is 35.9 Å². The van der Waals surface area contributed by atoms with Crippen molar-refractivity contribution >= 4 is 29.3 Å². The van der Waals surface area contributed by atoms with Gasteiger partial charge in [-0.25, -0.2) is 0 Å². The zero-order valence-corrected chi connectivity index (χ0v) is 18.7. The Balaban J connectivity index is 1.51. The number of hydrogen-bond donors (Lipinski definition) is 1. The zero-order chi connectivity index (χ0) is 21.5. The van der Waals surface area contributed by atoms with E-state index >= 15 is 0 Å². The highest BCUT2D eigenvalue weighted by Crippen LogP contribution is 2.33. The Morgan fingerprint density at radius 1 is 1.23 bits per heavy atom. The van der Waals surface area contributed by atoms with Crippen molar-refractivity contribution in [3.63, 3.8) is 0 Å². The second-order valence-corrected chi connectivity index (χ2v) is 9.05. The van der Waals surface area contributed by atoms with Crippen molar-refractivity contribution in [3.05, 3.63) is 35.7 Å². The Morgan fingerprint density at radius 2 is 1.97 bits per heavy atom. The fourth-order valence-electron chi connectivity index (χ4n) is 3.73. The summed E-state index contributed by atoms with van der Waals surface area (Å²) < 4.78 is 5.80. The van der Waals surface area contributed by atoms with Crippen molar-refractivity contribution in [2.45, 2.75) is 68.8 Å². The molecular formula is C22H30N4O3S. The normalized spacial score (nSPS) is 15.6. The first-order valence-corrected chi connectivity index (χ1v) is 11.5. The molecule has 1 atom stereocenters. The predicted molar refractivity (Wildman–Crippen MR) is 118 cm³/mol. The Kier molecular flexibility index (Phi) is 7.90. The molecule has 1 aliphatic rings. The fourth-order valence-corrected chi connectivity index (χ4v) is 4.53. The molecule has 30 heavy (non-hydrogen) atoms. The minimum Gasteiger partial charge on any atom is -0.416 e. The highest BCUT2D eigenvalue weighted by molar-refractivity contribution is 8.00. The van der Waals surface area contributed by atoms with E-state index in [-0.39, 0.29) is 18.4 Å². The summed E-state index contributed by atoms with van der Waals surface area (Å²) in [5, 5.41) is 11.2. The third-order valence-electron chi connectivity index (χ3n) is 5.43. The molecule has 1 heterocycles. The number of benzene rings is 1. The van der Waals surface area contributed by atoms with Crippen molar-refractivity contribution in [2.24, 2.45) is 0 Å². The quantitative estimate of drug-likeness (QED) is 0.630. The van der Waals surface area contributed by atoms with Crippen LogP contribution in [0.15, 0.2) is 33.9 Å². The lowest BCUT2D eigenvalue weighted by Crippen LogP contribution is -2.39. The third-order valence-corrected chi connectivity index (χ3v) is 6.35. The Labute approximate surface area is 182 Å². The van der Waals surface area contributed by atoms with Gasteiger partial charge in [0.15, 0.2) is 0 Å². The van der Waals surface area contributed by atoms with Gasteiger partial charge in [-0.2, -0.15) is 0 Å². The van der Waals surface area contributed by atoms with Crippen LogP contribution < -0.4 is 5.32 Å². The van der Waals surface area contributed by atoms with Gasteiger partial charge in [0.1, 0.15) is 0 Å². The van der Waals surface area contributed by atoms with Gasteiger partial charge in [0.2, 0.25) is 17.7 Å². The molecule has 162 valence electrons. The lowest BCUT2D eigenvalue weighted by molar-refractivity contribution is -0.132. The minimum absolute atomic E-state index is 0.0149. The van der Waals surface area contributed by atoms with Gasteiger partial charge in [-0.3, -0.25) is 9.59 Å². The van der Waals surface area contributed by atoms with E-state index in [4.69, 9.17) is 4.42 Å². The number of carbonyl (C=O) groups is 2. The topological polar surface area (TPSA) is 88.3 Å². The number of nitrogens with zero attached hydrogens (tertiary/aromatic N) is 3. The molecular weight excluding hydrogens is 400 g/mol. The van der Waals surface area contributed by atoms with Gasteiger partial charge in [0.05, 0.1) is 11.8 Å². The van der Waals surface area contributed by atoms with Crippen LogP contribution in [0.1, 0.15) is 63.3 Å². The molecule has 0 saturated heterocycles. The Hall–Kier alpha value is -2.35. The standard InChI is InChI=1S/C22H30N4O3S/c1-4-16-10-8-9-13-18(16)23-19(27)14-26(3)21(28)15(2)30-22-25-24-20(29-22)17-11-6-5-7-12-17/h8-10,13,15,17H,4-7,11-12,14H2,1-3H3,(H,23,27). The molecule has 1 unspecified atom stereocenters. The molecule has 7 nitrogen and oxygen atoms in total. The van der Waals surface area contributed by atoms with Crippen LogP contribution in [0.4, 0.5) is 5.69 Å². The minimum atomic E-state index is -0.426. The largest absolute Gasteiger partial charge is 0.416 e. The summed E-state index contributed by atoms with van der Waals surface area (Å²) in [6, 6.07) is 7.68. The van der Waals surface area contributed by atoms with E-state index in [1.54, 1.807) is 14.0 Å². The van der Waals surface area contributed by atoms with Crippen molar-refractivity contribution in [1.82, 2.24) is 15.1 Å². The van der Waals surface area contributed by atoms with E-state index in [0.29, 0.717) is 17.0 Å². The molecule has 2 amide bonds. The maximum Gasteiger partial charge on any atom is 0.277 e. The maximum atomic E-state index is 12.7. The van der Waals surface area contributed by atoms with Crippen molar-refractivity contribution in [1.29, 1.82) is 0 Å². The summed E-state index contributed by atoms with van der Waals surface area (Å²) in [4.78, 5) is 26.5.